The third kappa shape index (κ3) is 3.41. The smallest absolute Gasteiger partial charge is 0.159 e. The van der Waals surface area contributed by atoms with Crippen LogP contribution in [0.3, 0.4) is 0 Å². The molecule has 0 saturated heterocycles. The Hall–Kier alpha value is -2.34. The second-order valence-corrected chi connectivity index (χ2v) is 4.70. The topological polar surface area (TPSA) is 87.3 Å². The van der Waals surface area contributed by atoms with E-state index < -0.39 is 0 Å². The highest BCUT2D eigenvalue weighted by molar-refractivity contribution is 5.78. The number of aliphatic hydroxyl groups is 1. The van der Waals surface area contributed by atoms with E-state index in [0.717, 1.165) is 11.3 Å². The van der Waals surface area contributed by atoms with Gasteiger partial charge in [-0.25, -0.2) is 9.97 Å². The zero-order valence-electron chi connectivity index (χ0n) is 12.4. The Balaban J connectivity index is 2.31. The Kier molecular flexibility index (Phi) is 4.94. The number of aliphatic hydroxyl groups excluding tert-OH is 1. The van der Waals surface area contributed by atoms with E-state index in [-0.39, 0.29) is 6.61 Å². The molecule has 0 unspecified atom stereocenters. The molecule has 0 saturated carbocycles. The molecule has 0 radical (unpaired) electrons. The first-order chi connectivity index (χ1) is 10.2. The summed E-state index contributed by atoms with van der Waals surface area (Å²) < 4.78 is 0. The minimum absolute atomic E-state index is 0.0534. The standard InChI is InChI=1S/C15H21N5O/c1-3-20(8-9-21)15-13(16)14(17-10-18-15)19-12-7-5-4-6-11(12)2/h4-7,10,21H,3,8-9,16H2,1-2H3,(H,17,18,19). The van der Waals surface area contributed by atoms with Gasteiger partial charge in [-0.05, 0) is 25.5 Å². The Morgan fingerprint density at radius 1 is 1.29 bits per heavy atom. The van der Waals surface area contributed by atoms with Crippen molar-refractivity contribution in [2.75, 3.05) is 35.6 Å². The minimum atomic E-state index is 0.0534. The molecular formula is C15H21N5O. The van der Waals surface area contributed by atoms with Crippen LogP contribution in [0.4, 0.5) is 23.0 Å². The zero-order valence-corrected chi connectivity index (χ0v) is 12.4. The van der Waals surface area contributed by atoms with Gasteiger partial charge in [-0.2, -0.15) is 0 Å². The first-order valence-corrected chi connectivity index (χ1v) is 6.96. The van der Waals surface area contributed by atoms with Crippen LogP contribution >= 0.6 is 0 Å². The molecule has 0 atom stereocenters. The van der Waals surface area contributed by atoms with Crippen molar-refractivity contribution in [3.63, 3.8) is 0 Å². The molecule has 0 amide bonds. The number of likely N-dealkylation sites (N-methyl/N-ethyl adjacent to an activating group) is 1. The highest BCUT2D eigenvalue weighted by Gasteiger charge is 2.14. The molecular weight excluding hydrogens is 266 g/mol. The molecule has 0 spiro atoms. The lowest BCUT2D eigenvalue weighted by Gasteiger charge is -2.23. The van der Waals surface area contributed by atoms with Gasteiger partial charge in [-0.3, -0.25) is 0 Å². The molecule has 2 rings (SSSR count). The van der Waals surface area contributed by atoms with Crippen molar-refractivity contribution in [2.24, 2.45) is 0 Å². The molecule has 1 aromatic carbocycles. The molecule has 0 fully saturated rings. The Labute approximate surface area is 124 Å². The molecule has 6 heteroatoms. The van der Waals surface area contributed by atoms with Gasteiger partial charge >= 0.3 is 0 Å². The normalized spacial score (nSPS) is 10.4. The molecule has 1 aromatic heterocycles. The van der Waals surface area contributed by atoms with E-state index >= 15 is 0 Å². The summed E-state index contributed by atoms with van der Waals surface area (Å²) in [5.74, 6) is 1.21. The van der Waals surface area contributed by atoms with Crippen LogP contribution in [0.2, 0.25) is 0 Å². The summed E-state index contributed by atoms with van der Waals surface area (Å²) in [5, 5.41) is 12.4. The lowest BCUT2D eigenvalue weighted by Crippen LogP contribution is -2.28. The van der Waals surface area contributed by atoms with Crippen molar-refractivity contribution in [1.29, 1.82) is 0 Å². The lowest BCUT2D eigenvalue weighted by molar-refractivity contribution is 0.302. The van der Waals surface area contributed by atoms with Gasteiger partial charge in [0.25, 0.3) is 0 Å². The summed E-state index contributed by atoms with van der Waals surface area (Å²) in [4.78, 5) is 10.4. The van der Waals surface area contributed by atoms with Gasteiger partial charge in [0.1, 0.15) is 12.0 Å². The maximum atomic E-state index is 9.12. The van der Waals surface area contributed by atoms with Gasteiger partial charge < -0.3 is 21.1 Å². The number of para-hydroxylation sites is 1. The van der Waals surface area contributed by atoms with Crippen LogP contribution in [0.25, 0.3) is 0 Å². The van der Waals surface area contributed by atoms with E-state index in [9.17, 15) is 0 Å². The van der Waals surface area contributed by atoms with Gasteiger partial charge in [0, 0.05) is 18.8 Å². The Morgan fingerprint density at radius 2 is 2.05 bits per heavy atom. The van der Waals surface area contributed by atoms with Crippen molar-refractivity contribution >= 4 is 23.0 Å². The largest absolute Gasteiger partial charge is 0.395 e. The van der Waals surface area contributed by atoms with Crippen LogP contribution in [-0.2, 0) is 0 Å². The molecule has 0 aliphatic rings. The van der Waals surface area contributed by atoms with Crippen molar-refractivity contribution in [2.45, 2.75) is 13.8 Å². The highest BCUT2D eigenvalue weighted by Crippen LogP contribution is 2.29. The van der Waals surface area contributed by atoms with Gasteiger partial charge in [0.2, 0.25) is 0 Å². The number of nitrogens with one attached hydrogen (secondary N) is 1. The van der Waals surface area contributed by atoms with Crippen LogP contribution < -0.4 is 16.0 Å². The molecule has 0 bridgehead atoms. The molecule has 21 heavy (non-hydrogen) atoms. The van der Waals surface area contributed by atoms with E-state index in [1.54, 1.807) is 0 Å². The average molecular weight is 287 g/mol. The molecule has 4 N–H and O–H groups in total. The summed E-state index contributed by atoms with van der Waals surface area (Å²) >= 11 is 0. The SMILES string of the molecule is CCN(CCO)c1ncnc(Nc2ccccc2C)c1N. The van der Waals surface area contributed by atoms with Gasteiger partial charge in [0.05, 0.1) is 6.61 Å². The van der Waals surface area contributed by atoms with Crippen molar-refractivity contribution in [3.05, 3.63) is 36.2 Å². The van der Waals surface area contributed by atoms with Gasteiger partial charge in [-0.15, -0.1) is 0 Å². The number of anilines is 4. The Bertz CT molecular complexity index is 602. The van der Waals surface area contributed by atoms with Crippen molar-refractivity contribution in [1.82, 2.24) is 9.97 Å². The molecule has 1 heterocycles. The Morgan fingerprint density at radius 3 is 2.71 bits per heavy atom. The van der Waals surface area contributed by atoms with E-state index in [1.807, 2.05) is 43.0 Å². The third-order valence-electron chi connectivity index (χ3n) is 3.31. The number of hydrogen-bond acceptors (Lipinski definition) is 6. The van der Waals surface area contributed by atoms with Crippen LogP contribution in [0.5, 0.6) is 0 Å². The number of aryl methyl sites for hydroxylation is 1. The van der Waals surface area contributed by atoms with Crippen LogP contribution in [0, 0.1) is 6.92 Å². The molecule has 0 aliphatic heterocycles. The summed E-state index contributed by atoms with van der Waals surface area (Å²) in [5.41, 5.74) is 8.73. The predicted molar refractivity (Wildman–Crippen MR) is 85.9 cm³/mol. The predicted octanol–water partition coefficient (Wildman–Crippen LogP) is 1.93. The number of benzene rings is 1. The number of hydrogen-bond donors (Lipinski definition) is 3. The van der Waals surface area contributed by atoms with Crippen molar-refractivity contribution in [3.8, 4) is 0 Å². The monoisotopic (exact) mass is 287 g/mol. The molecule has 112 valence electrons. The maximum Gasteiger partial charge on any atom is 0.159 e. The van der Waals surface area contributed by atoms with Gasteiger partial charge in [0.15, 0.2) is 11.6 Å². The first-order valence-electron chi connectivity index (χ1n) is 6.96. The van der Waals surface area contributed by atoms with E-state index in [0.29, 0.717) is 30.4 Å². The average Bonchev–Trinajstić information content (AvgIpc) is 2.49. The first kappa shape index (κ1) is 15.1. The summed E-state index contributed by atoms with van der Waals surface area (Å²) in [7, 11) is 0. The number of nitrogens with two attached hydrogens (primary N) is 1. The second kappa shape index (κ2) is 6.90. The molecule has 2 aromatic rings. The highest BCUT2D eigenvalue weighted by atomic mass is 16.3. The fourth-order valence-corrected chi connectivity index (χ4v) is 2.11. The summed E-state index contributed by atoms with van der Waals surface area (Å²) in [6.07, 6.45) is 1.48. The quantitative estimate of drug-likeness (QED) is 0.752. The van der Waals surface area contributed by atoms with Crippen LogP contribution in [-0.4, -0.2) is 34.8 Å². The zero-order chi connectivity index (χ0) is 15.2. The third-order valence-corrected chi connectivity index (χ3v) is 3.31. The summed E-state index contributed by atoms with van der Waals surface area (Å²) in [6, 6.07) is 7.93. The fourth-order valence-electron chi connectivity index (χ4n) is 2.11. The molecule has 6 nitrogen and oxygen atoms in total. The van der Waals surface area contributed by atoms with Crippen LogP contribution in [0.15, 0.2) is 30.6 Å². The lowest BCUT2D eigenvalue weighted by atomic mass is 10.2. The number of nitrogens with zero attached hydrogens (tertiary/aromatic N) is 3. The fraction of sp³-hybridized carbons (Fsp3) is 0.333. The van der Waals surface area contributed by atoms with E-state index in [4.69, 9.17) is 10.8 Å². The number of nitrogen functional groups attached to an aromatic ring is 1. The summed E-state index contributed by atoms with van der Waals surface area (Å²) in [6.45, 7) is 5.27. The maximum absolute atomic E-state index is 9.12. The van der Waals surface area contributed by atoms with Crippen LogP contribution in [0.1, 0.15) is 12.5 Å². The van der Waals surface area contributed by atoms with Crippen molar-refractivity contribution < 1.29 is 5.11 Å². The number of rotatable bonds is 6. The van der Waals surface area contributed by atoms with Gasteiger partial charge in [-0.1, -0.05) is 18.2 Å². The number of aromatic nitrogens is 2. The second-order valence-electron chi connectivity index (χ2n) is 4.70. The minimum Gasteiger partial charge on any atom is -0.395 e. The molecule has 0 aliphatic carbocycles. The van der Waals surface area contributed by atoms with E-state index in [1.165, 1.54) is 6.33 Å². The van der Waals surface area contributed by atoms with E-state index in [2.05, 4.69) is 15.3 Å².